The van der Waals surface area contributed by atoms with Crippen LogP contribution in [-0.2, 0) is 52.5 Å². The Morgan fingerprint density at radius 3 is 1.29 bits per heavy atom. The molecule has 7 amide bonds. The number of aliphatic hydroxyl groups excluding tert-OH is 8. The molecular weight excluding hydrogens is 967 g/mol. The largest absolute Gasteiger partial charge is 0.394 e. The molecule has 26 heteroatoms. The van der Waals surface area contributed by atoms with Gasteiger partial charge in [-0.25, -0.2) is 0 Å². The molecule has 10 unspecified atom stereocenters. The smallest absolute Gasteiger partial charge is 0.242 e. The van der Waals surface area contributed by atoms with Crippen LogP contribution in [0.25, 0.3) is 0 Å². The average Bonchev–Trinajstić information content (AvgIpc) is 3.38. The van der Waals surface area contributed by atoms with Crippen LogP contribution < -0.4 is 31.9 Å². The molecule has 0 bridgehead atoms. The highest BCUT2D eigenvalue weighted by molar-refractivity contribution is 5.91. The Morgan fingerprint density at radius 1 is 0.452 bits per heavy atom. The van der Waals surface area contributed by atoms with Crippen LogP contribution >= 0.6 is 0 Å². The lowest BCUT2D eigenvalue weighted by Gasteiger charge is -2.39. The Morgan fingerprint density at radius 2 is 0.849 bits per heavy atom. The van der Waals surface area contributed by atoms with Crippen molar-refractivity contribution in [2.75, 3.05) is 78.8 Å². The highest BCUT2D eigenvalue weighted by atomic mass is 16.7. The molecule has 3 aliphatic rings. The summed E-state index contributed by atoms with van der Waals surface area (Å²) < 4.78 is 21.2. The zero-order chi connectivity index (χ0) is 53.5. The van der Waals surface area contributed by atoms with Gasteiger partial charge >= 0.3 is 0 Å². The third-order valence-corrected chi connectivity index (χ3v) is 12.7. The topological polar surface area (TPSA) is 394 Å². The fraction of sp³-hybridized carbons (Fsp3) is 0.851. The van der Waals surface area contributed by atoms with Crippen LogP contribution in [0.15, 0.2) is 0 Å². The molecule has 0 aromatic rings. The van der Waals surface area contributed by atoms with Crippen molar-refractivity contribution in [1.29, 1.82) is 0 Å². The number of carbonyl (C=O) groups is 7. The molecule has 73 heavy (non-hydrogen) atoms. The van der Waals surface area contributed by atoms with Gasteiger partial charge in [0.05, 0.1) is 33.0 Å². The molecule has 10 atom stereocenters. The van der Waals surface area contributed by atoms with Gasteiger partial charge in [0.2, 0.25) is 41.4 Å². The summed E-state index contributed by atoms with van der Waals surface area (Å²) in [5.74, 6) is -2.31. The summed E-state index contributed by atoms with van der Waals surface area (Å²) in [7, 11) is 0. The maximum absolute atomic E-state index is 13.3. The number of aliphatic hydroxyl groups is 8. The van der Waals surface area contributed by atoms with Crippen LogP contribution in [-0.4, -0.2) is 227 Å². The first kappa shape index (κ1) is 63.1. The number of nitrogens with one attached hydrogen (secondary N) is 6. The fourth-order valence-electron chi connectivity index (χ4n) is 8.32. The second-order valence-corrected chi connectivity index (χ2v) is 18.7. The summed E-state index contributed by atoms with van der Waals surface area (Å²) in [5, 5.41) is 94.4. The Balaban J connectivity index is 1.34. The predicted octanol–water partition coefficient (Wildman–Crippen LogP) is -4.59. The van der Waals surface area contributed by atoms with E-state index >= 15 is 0 Å². The lowest BCUT2D eigenvalue weighted by Crippen LogP contribution is -2.59. The zero-order valence-electron chi connectivity index (χ0n) is 41.9. The Kier molecular flexibility index (Phi) is 31.0. The Labute approximate surface area is 426 Å². The van der Waals surface area contributed by atoms with Gasteiger partial charge in [-0.3, -0.25) is 33.6 Å². The summed E-state index contributed by atoms with van der Waals surface area (Å²) in [5.41, 5.74) is 0. The molecule has 14 N–H and O–H groups in total. The molecule has 0 radical (unpaired) electrons. The van der Waals surface area contributed by atoms with Gasteiger partial charge in [-0.2, -0.15) is 0 Å². The number of rotatable bonds is 35. The average molecular weight is 1050 g/mol. The van der Waals surface area contributed by atoms with E-state index in [0.29, 0.717) is 63.8 Å². The van der Waals surface area contributed by atoms with Gasteiger partial charge in [0, 0.05) is 58.4 Å². The van der Waals surface area contributed by atoms with Crippen LogP contribution in [0, 0.1) is 5.92 Å². The molecule has 1 saturated carbocycles. The molecule has 0 aromatic carbocycles. The molecule has 2 saturated heterocycles. The lowest BCUT2D eigenvalue weighted by molar-refractivity contribution is -0.300. The minimum Gasteiger partial charge on any atom is -0.394 e. The number of amides is 7. The van der Waals surface area contributed by atoms with Crippen LogP contribution in [0.1, 0.15) is 109 Å². The van der Waals surface area contributed by atoms with Gasteiger partial charge in [-0.15, -0.1) is 0 Å². The number of ether oxygens (including phenoxy) is 4. The predicted molar refractivity (Wildman–Crippen MR) is 256 cm³/mol. The van der Waals surface area contributed by atoms with Crippen LogP contribution in [0.2, 0.25) is 0 Å². The normalized spacial score (nSPS) is 25.3. The number of hydrogen-bond acceptors (Lipinski definition) is 19. The SMILES string of the molecule is O=C(CCCCCNC(=O)CN(CC(=O)NCCCCCC(=O)NCCOC1OC(CO)C(O)C(O)C1O)C(=O)CNC(=O)CCCCC(=O)NCC1CCCCC1)NCCOC1OC(CO)C(O)C(O)C1O. The fourth-order valence-corrected chi connectivity index (χ4v) is 8.32. The molecule has 0 spiro atoms. The van der Waals surface area contributed by atoms with E-state index < -0.39 is 118 Å². The van der Waals surface area contributed by atoms with Crippen molar-refractivity contribution in [1.82, 2.24) is 36.8 Å². The van der Waals surface area contributed by atoms with Gasteiger partial charge in [0.1, 0.15) is 61.9 Å². The minimum absolute atomic E-state index is 0.0587. The van der Waals surface area contributed by atoms with Crippen molar-refractivity contribution in [2.24, 2.45) is 5.92 Å². The van der Waals surface area contributed by atoms with Gasteiger partial charge in [-0.05, 0) is 57.3 Å². The van der Waals surface area contributed by atoms with Gasteiger partial charge in [0.15, 0.2) is 12.6 Å². The summed E-state index contributed by atoms with van der Waals surface area (Å²) >= 11 is 0. The highest BCUT2D eigenvalue weighted by Gasteiger charge is 2.45. The zero-order valence-corrected chi connectivity index (χ0v) is 41.9. The first-order chi connectivity index (χ1) is 35.0. The summed E-state index contributed by atoms with van der Waals surface area (Å²) in [6, 6.07) is 0. The quantitative estimate of drug-likeness (QED) is 0.0266. The second kappa shape index (κ2) is 35.9. The molecule has 1 aliphatic carbocycles. The van der Waals surface area contributed by atoms with Crippen LogP contribution in [0.3, 0.4) is 0 Å². The molecule has 420 valence electrons. The second-order valence-electron chi connectivity index (χ2n) is 18.7. The van der Waals surface area contributed by atoms with E-state index in [1.165, 1.54) is 19.3 Å². The van der Waals surface area contributed by atoms with Gasteiger partial charge in [0.25, 0.3) is 0 Å². The Hall–Kier alpha value is -4.19. The maximum atomic E-state index is 13.3. The van der Waals surface area contributed by atoms with Crippen LogP contribution in [0.4, 0.5) is 0 Å². The van der Waals surface area contributed by atoms with E-state index in [1.807, 2.05) is 0 Å². The number of nitrogens with zero attached hydrogens (tertiary/aromatic N) is 1. The molecule has 2 heterocycles. The molecule has 0 aromatic heterocycles. The summed E-state index contributed by atoms with van der Waals surface area (Å²) in [6.07, 6.45) is -3.68. The number of unbranched alkanes of at least 4 members (excludes halogenated alkanes) is 5. The minimum atomic E-state index is -1.58. The van der Waals surface area contributed by atoms with E-state index in [2.05, 4.69) is 31.9 Å². The van der Waals surface area contributed by atoms with E-state index in [9.17, 15) is 74.4 Å². The molecular formula is C47H83N7O19. The summed E-state index contributed by atoms with van der Waals surface area (Å²) in [4.78, 5) is 89.7. The monoisotopic (exact) mass is 1050 g/mol. The third kappa shape index (κ3) is 24.8. The number of hydrogen-bond donors (Lipinski definition) is 14. The van der Waals surface area contributed by atoms with Crippen LogP contribution in [0.5, 0.6) is 0 Å². The first-order valence-corrected chi connectivity index (χ1v) is 25.8. The van der Waals surface area contributed by atoms with Gasteiger partial charge in [-0.1, -0.05) is 32.1 Å². The Bertz CT molecular complexity index is 1580. The van der Waals surface area contributed by atoms with E-state index in [1.54, 1.807) is 0 Å². The maximum Gasteiger partial charge on any atom is 0.242 e. The molecule has 26 nitrogen and oxygen atoms in total. The van der Waals surface area contributed by atoms with Crippen molar-refractivity contribution in [2.45, 2.75) is 171 Å². The van der Waals surface area contributed by atoms with E-state index in [0.717, 1.165) is 17.7 Å². The highest BCUT2D eigenvalue weighted by Crippen LogP contribution is 2.24. The van der Waals surface area contributed by atoms with Crippen molar-refractivity contribution >= 4 is 41.4 Å². The summed E-state index contributed by atoms with van der Waals surface area (Å²) in [6.45, 7) is -1.58. The molecule has 2 aliphatic heterocycles. The van der Waals surface area contributed by atoms with Crippen molar-refractivity contribution < 1.29 is 93.4 Å². The van der Waals surface area contributed by atoms with Crippen molar-refractivity contribution in [3.63, 3.8) is 0 Å². The molecule has 3 fully saturated rings. The molecule has 3 rings (SSSR count). The third-order valence-electron chi connectivity index (χ3n) is 12.7. The van der Waals surface area contributed by atoms with E-state index in [4.69, 9.17) is 18.9 Å². The van der Waals surface area contributed by atoms with E-state index in [-0.39, 0.29) is 82.8 Å². The van der Waals surface area contributed by atoms with Crippen molar-refractivity contribution in [3.05, 3.63) is 0 Å². The first-order valence-electron chi connectivity index (χ1n) is 25.8. The lowest BCUT2D eigenvalue weighted by atomic mass is 9.89. The number of carbonyl (C=O) groups excluding carboxylic acids is 7. The van der Waals surface area contributed by atoms with Gasteiger partial charge < -0.3 is 96.6 Å². The standard InChI is InChI=1S/C47H83N7O19/c55-28-31-40(64)42(66)44(68)46(72-31)70-22-20-50-33(57)14-6-2-10-18-48-37(61)26-54(39(63)25-53-36(60)17-9-8-16-35(59)52-24-30-12-4-1-5-13-30)27-38(62)49-19-11-3-7-15-34(58)51-21-23-71-47-45(69)43(67)41(65)32(29-56)73-47/h30-32,40-47,55-56,64-69H,1-29H2,(H,48,61)(H,49,62)(H,50,57)(H,51,58)(H,52,59)(H,53,60). The van der Waals surface area contributed by atoms with Crippen molar-refractivity contribution in [3.8, 4) is 0 Å².